The molecule has 1 nitrogen and oxygen atoms in total. The number of rotatable bonds is 3. The summed E-state index contributed by atoms with van der Waals surface area (Å²) in [5, 5.41) is 2.10. The molecule has 0 unspecified atom stereocenters. The molecule has 0 aliphatic heterocycles. The van der Waals surface area contributed by atoms with Gasteiger partial charge >= 0.3 is 0 Å². The number of halogens is 1. The maximum atomic E-state index is 5.93. The molecular formula is C18H18ClN. The Kier molecular flexibility index (Phi) is 3.54. The molecule has 0 spiro atoms. The Bertz CT molecular complexity index is 723. The molecule has 0 fully saturated rings. The lowest BCUT2D eigenvalue weighted by Gasteiger charge is -2.08. The van der Waals surface area contributed by atoms with E-state index in [4.69, 9.17) is 11.6 Å². The van der Waals surface area contributed by atoms with Crippen molar-refractivity contribution in [2.45, 2.75) is 26.3 Å². The zero-order chi connectivity index (χ0) is 14.1. The number of hydrogen-bond donors (Lipinski definition) is 0. The quantitative estimate of drug-likeness (QED) is 0.601. The van der Waals surface area contributed by atoms with Gasteiger partial charge in [-0.15, -0.1) is 0 Å². The number of nitrogens with zero attached hydrogens (tertiary/aromatic N) is 1. The van der Waals surface area contributed by atoms with Gasteiger partial charge in [0.05, 0.1) is 0 Å². The predicted molar refractivity (Wildman–Crippen MR) is 86.6 cm³/mol. The molecule has 2 aromatic carbocycles. The Hall–Kier alpha value is -1.73. The van der Waals surface area contributed by atoms with Crippen LogP contribution in [-0.2, 0) is 6.54 Å². The highest BCUT2D eigenvalue weighted by Gasteiger charge is 2.05. The third-order valence-corrected chi connectivity index (χ3v) is 3.98. The maximum Gasteiger partial charge on any atom is 0.0483 e. The molecule has 102 valence electrons. The van der Waals surface area contributed by atoms with Gasteiger partial charge in [0.2, 0.25) is 0 Å². The van der Waals surface area contributed by atoms with Crippen molar-refractivity contribution in [3.8, 4) is 0 Å². The second-order valence-corrected chi connectivity index (χ2v) is 5.98. The van der Waals surface area contributed by atoms with Crippen molar-refractivity contribution in [2.24, 2.45) is 0 Å². The topological polar surface area (TPSA) is 4.93 Å². The smallest absolute Gasteiger partial charge is 0.0483 e. The molecule has 0 N–H and O–H groups in total. The van der Waals surface area contributed by atoms with Crippen molar-refractivity contribution in [1.29, 1.82) is 0 Å². The zero-order valence-corrected chi connectivity index (χ0v) is 12.6. The molecular weight excluding hydrogens is 266 g/mol. The molecule has 0 aliphatic carbocycles. The Morgan fingerprint density at radius 1 is 1.00 bits per heavy atom. The SMILES string of the molecule is CC(C)c1ccc2c(ccn2Cc2ccc(Cl)cc2)c1. The van der Waals surface area contributed by atoms with Crippen LogP contribution in [0, 0.1) is 0 Å². The zero-order valence-electron chi connectivity index (χ0n) is 11.8. The molecule has 0 radical (unpaired) electrons. The van der Waals surface area contributed by atoms with E-state index in [-0.39, 0.29) is 0 Å². The van der Waals surface area contributed by atoms with Gasteiger partial charge in [0, 0.05) is 23.3 Å². The fraction of sp³-hybridized carbons (Fsp3) is 0.222. The first-order valence-electron chi connectivity index (χ1n) is 6.97. The second kappa shape index (κ2) is 5.34. The Morgan fingerprint density at radius 2 is 1.75 bits per heavy atom. The van der Waals surface area contributed by atoms with Gasteiger partial charge in [-0.25, -0.2) is 0 Å². The van der Waals surface area contributed by atoms with Crippen LogP contribution in [0.5, 0.6) is 0 Å². The third kappa shape index (κ3) is 2.59. The minimum absolute atomic E-state index is 0.569. The van der Waals surface area contributed by atoms with E-state index < -0.39 is 0 Å². The largest absolute Gasteiger partial charge is 0.343 e. The van der Waals surface area contributed by atoms with Crippen molar-refractivity contribution < 1.29 is 0 Å². The standard InChI is InChI=1S/C18H18ClN/c1-13(2)15-5-8-18-16(11-15)9-10-20(18)12-14-3-6-17(19)7-4-14/h3-11,13H,12H2,1-2H3. The normalized spacial score (nSPS) is 11.4. The van der Waals surface area contributed by atoms with Crippen LogP contribution in [0.4, 0.5) is 0 Å². The first kappa shape index (κ1) is 13.3. The summed E-state index contributed by atoms with van der Waals surface area (Å²) in [5.41, 5.74) is 3.94. The molecule has 0 atom stereocenters. The van der Waals surface area contributed by atoms with Crippen LogP contribution in [0.2, 0.25) is 5.02 Å². The maximum absolute atomic E-state index is 5.93. The monoisotopic (exact) mass is 283 g/mol. The van der Waals surface area contributed by atoms with Gasteiger partial charge in [0.1, 0.15) is 0 Å². The molecule has 0 bridgehead atoms. The van der Waals surface area contributed by atoms with Gasteiger partial charge in [-0.05, 0) is 52.8 Å². The molecule has 20 heavy (non-hydrogen) atoms. The lowest BCUT2D eigenvalue weighted by molar-refractivity contribution is 0.835. The number of hydrogen-bond acceptors (Lipinski definition) is 0. The van der Waals surface area contributed by atoms with Gasteiger partial charge < -0.3 is 4.57 Å². The van der Waals surface area contributed by atoms with E-state index in [0.717, 1.165) is 11.6 Å². The van der Waals surface area contributed by atoms with Gasteiger partial charge in [0.25, 0.3) is 0 Å². The summed E-state index contributed by atoms with van der Waals surface area (Å²) in [4.78, 5) is 0. The third-order valence-electron chi connectivity index (χ3n) is 3.73. The highest BCUT2D eigenvalue weighted by atomic mass is 35.5. The summed E-state index contributed by atoms with van der Waals surface area (Å²) in [6.07, 6.45) is 2.16. The average Bonchev–Trinajstić information content (AvgIpc) is 2.84. The van der Waals surface area contributed by atoms with Gasteiger partial charge in [-0.2, -0.15) is 0 Å². The number of aromatic nitrogens is 1. The van der Waals surface area contributed by atoms with Gasteiger partial charge in [0.15, 0.2) is 0 Å². The summed E-state index contributed by atoms with van der Waals surface area (Å²) in [6, 6.07) is 17.0. The Labute approximate surface area is 124 Å². The first-order valence-corrected chi connectivity index (χ1v) is 7.34. The van der Waals surface area contributed by atoms with Crippen LogP contribution in [0.1, 0.15) is 30.9 Å². The molecule has 0 saturated carbocycles. The highest BCUT2D eigenvalue weighted by Crippen LogP contribution is 2.23. The van der Waals surface area contributed by atoms with E-state index in [1.165, 1.54) is 22.0 Å². The number of fused-ring (bicyclic) bond motifs is 1. The molecule has 3 aromatic rings. The minimum atomic E-state index is 0.569. The van der Waals surface area contributed by atoms with Gasteiger partial charge in [-0.1, -0.05) is 43.6 Å². The van der Waals surface area contributed by atoms with Crippen molar-refractivity contribution in [2.75, 3.05) is 0 Å². The van der Waals surface area contributed by atoms with Crippen LogP contribution in [0.3, 0.4) is 0 Å². The molecule has 2 heteroatoms. The molecule has 0 amide bonds. The number of benzene rings is 2. The second-order valence-electron chi connectivity index (χ2n) is 5.54. The van der Waals surface area contributed by atoms with Crippen LogP contribution < -0.4 is 0 Å². The highest BCUT2D eigenvalue weighted by molar-refractivity contribution is 6.30. The van der Waals surface area contributed by atoms with E-state index in [2.05, 4.69) is 61.0 Å². The van der Waals surface area contributed by atoms with Crippen LogP contribution >= 0.6 is 11.6 Å². The summed E-state index contributed by atoms with van der Waals surface area (Å²) in [6.45, 7) is 5.33. The Morgan fingerprint density at radius 3 is 2.45 bits per heavy atom. The first-order chi connectivity index (χ1) is 9.63. The molecule has 0 aliphatic rings. The van der Waals surface area contributed by atoms with E-state index >= 15 is 0 Å². The van der Waals surface area contributed by atoms with Gasteiger partial charge in [-0.3, -0.25) is 0 Å². The molecule has 3 rings (SSSR count). The Balaban J connectivity index is 1.94. The lowest BCUT2D eigenvalue weighted by atomic mass is 10.0. The predicted octanol–water partition coefficient (Wildman–Crippen LogP) is 5.47. The summed E-state index contributed by atoms with van der Waals surface area (Å²) >= 11 is 5.93. The molecule has 1 heterocycles. The fourth-order valence-electron chi connectivity index (χ4n) is 2.50. The summed E-state index contributed by atoms with van der Waals surface area (Å²) in [7, 11) is 0. The van der Waals surface area contributed by atoms with E-state index in [9.17, 15) is 0 Å². The van der Waals surface area contributed by atoms with Crippen LogP contribution in [0.15, 0.2) is 54.7 Å². The molecule has 1 aromatic heterocycles. The molecule has 0 saturated heterocycles. The van der Waals surface area contributed by atoms with E-state index in [1.54, 1.807) is 0 Å². The van der Waals surface area contributed by atoms with Crippen molar-refractivity contribution in [1.82, 2.24) is 4.57 Å². The van der Waals surface area contributed by atoms with E-state index in [1.807, 2.05) is 12.1 Å². The van der Waals surface area contributed by atoms with Crippen molar-refractivity contribution >= 4 is 22.5 Å². The van der Waals surface area contributed by atoms with Crippen LogP contribution in [0.25, 0.3) is 10.9 Å². The van der Waals surface area contributed by atoms with Crippen molar-refractivity contribution in [3.63, 3.8) is 0 Å². The summed E-state index contributed by atoms with van der Waals surface area (Å²) < 4.78 is 2.28. The average molecular weight is 284 g/mol. The van der Waals surface area contributed by atoms with E-state index in [0.29, 0.717) is 5.92 Å². The van der Waals surface area contributed by atoms with Crippen LogP contribution in [-0.4, -0.2) is 4.57 Å². The minimum Gasteiger partial charge on any atom is -0.343 e. The summed E-state index contributed by atoms with van der Waals surface area (Å²) in [5.74, 6) is 0.569. The van der Waals surface area contributed by atoms with Crippen molar-refractivity contribution in [3.05, 3.63) is 70.9 Å². The fourth-order valence-corrected chi connectivity index (χ4v) is 2.63. The lowest BCUT2D eigenvalue weighted by Crippen LogP contribution is -1.97.